The number of piperazine rings is 1. The molecule has 1 unspecified atom stereocenters. The van der Waals surface area contributed by atoms with Gasteiger partial charge in [-0.2, -0.15) is 0 Å². The Hall–Kier alpha value is -1.92. The van der Waals surface area contributed by atoms with Gasteiger partial charge in [0.05, 0.1) is 6.04 Å². The van der Waals surface area contributed by atoms with E-state index in [1.54, 1.807) is 0 Å². The predicted molar refractivity (Wildman–Crippen MR) is 105 cm³/mol. The minimum absolute atomic E-state index is 0.0503. The molecule has 146 valence electrons. The Bertz CT molecular complexity index is 672. The second kappa shape index (κ2) is 7.98. The van der Waals surface area contributed by atoms with E-state index in [2.05, 4.69) is 4.90 Å². The molecule has 6 heteroatoms. The number of hydrogen-bond acceptors (Lipinski definition) is 4. The Morgan fingerprint density at radius 3 is 2.44 bits per heavy atom. The van der Waals surface area contributed by atoms with Crippen LogP contribution in [0, 0.1) is 11.8 Å². The van der Waals surface area contributed by atoms with Crippen LogP contribution in [0.3, 0.4) is 0 Å². The summed E-state index contributed by atoms with van der Waals surface area (Å²) in [7, 11) is 0. The van der Waals surface area contributed by atoms with Gasteiger partial charge in [-0.15, -0.1) is 0 Å². The second-order valence-electron chi connectivity index (χ2n) is 8.02. The summed E-state index contributed by atoms with van der Waals surface area (Å²) < 4.78 is 0. The number of rotatable bonds is 4. The molecule has 6 nitrogen and oxygen atoms in total. The predicted octanol–water partition coefficient (Wildman–Crippen LogP) is 1.31. The van der Waals surface area contributed by atoms with Gasteiger partial charge in [-0.05, 0) is 43.9 Å². The Kier molecular flexibility index (Phi) is 5.45. The minimum atomic E-state index is -0.0503. The molecule has 27 heavy (non-hydrogen) atoms. The molecular formula is C21H30N4O2. The van der Waals surface area contributed by atoms with Crippen LogP contribution in [-0.2, 0) is 9.59 Å². The summed E-state index contributed by atoms with van der Waals surface area (Å²) in [6.45, 7) is 4.40. The Labute approximate surface area is 161 Å². The van der Waals surface area contributed by atoms with Gasteiger partial charge in [0.2, 0.25) is 11.8 Å². The van der Waals surface area contributed by atoms with Gasteiger partial charge >= 0.3 is 0 Å². The molecule has 2 aliphatic heterocycles. The fourth-order valence-corrected chi connectivity index (χ4v) is 5.00. The third kappa shape index (κ3) is 3.60. The molecule has 0 aromatic heterocycles. The van der Waals surface area contributed by atoms with Gasteiger partial charge in [0.1, 0.15) is 0 Å². The number of nitrogens with two attached hydrogens (primary N) is 1. The van der Waals surface area contributed by atoms with Crippen LogP contribution in [0.5, 0.6) is 0 Å². The monoisotopic (exact) mass is 370 g/mol. The van der Waals surface area contributed by atoms with Crippen molar-refractivity contribution in [2.45, 2.75) is 31.7 Å². The van der Waals surface area contributed by atoms with E-state index in [0.717, 1.165) is 64.1 Å². The van der Waals surface area contributed by atoms with E-state index in [9.17, 15) is 9.59 Å². The average Bonchev–Trinajstić information content (AvgIpc) is 3.35. The summed E-state index contributed by atoms with van der Waals surface area (Å²) in [4.78, 5) is 31.9. The third-order valence-electron chi connectivity index (χ3n) is 6.59. The van der Waals surface area contributed by atoms with Crippen molar-refractivity contribution in [2.24, 2.45) is 17.6 Å². The van der Waals surface area contributed by atoms with Crippen LogP contribution in [0.25, 0.3) is 0 Å². The number of para-hydroxylation sites is 1. The van der Waals surface area contributed by atoms with E-state index in [-0.39, 0.29) is 23.8 Å². The van der Waals surface area contributed by atoms with Gasteiger partial charge in [-0.1, -0.05) is 24.6 Å². The number of nitrogens with zero attached hydrogens (tertiary/aromatic N) is 3. The molecular weight excluding hydrogens is 340 g/mol. The van der Waals surface area contributed by atoms with Crippen molar-refractivity contribution >= 4 is 17.5 Å². The maximum atomic E-state index is 12.9. The number of amides is 2. The normalized spacial score (nSPS) is 29.5. The highest BCUT2D eigenvalue weighted by Gasteiger charge is 2.40. The molecule has 2 saturated heterocycles. The molecule has 2 amide bonds. The van der Waals surface area contributed by atoms with Gasteiger partial charge in [0.25, 0.3) is 0 Å². The van der Waals surface area contributed by atoms with Gasteiger partial charge < -0.3 is 15.5 Å². The first-order valence-corrected chi connectivity index (χ1v) is 10.3. The molecule has 0 bridgehead atoms. The van der Waals surface area contributed by atoms with Gasteiger partial charge in [0.15, 0.2) is 0 Å². The SMILES string of the molecule is NC[C@H]1CCC[C@H]1C(=O)N1CCN(C2CCN(c3ccccc3)C2=O)CC1. The van der Waals surface area contributed by atoms with Crippen molar-refractivity contribution in [3.8, 4) is 0 Å². The van der Waals surface area contributed by atoms with Gasteiger partial charge in [0, 0.05) is 44.3 Å². The van der Waals surface area contributed by atoms with Gasteiger partial charge in [-0.3, -0.25) is 14.5 Å². The molecule has 0 radical (unpaired) electrons. The van der Waals surface area contributed by atoms with Crippen LogP contribution in [0.4, 0.5) is 5.69 Å². The smallest absolute Gasteiger partial charge is 0.244 e. The number of benzene rings is 1. The maximum Gasteiger partial charge on any atom is 0.244 e. The molecule has 1 saturated carbocycles. The topological polar surface area (TPSA) is 69.9 Å². The fraction of sp³-hybridized carbons (Fsp3) is 0.619. The first kappa shape index (κ1) is 18.4. The van der Waals surface area contributed by atoms with E-state index >= 15 is 0 Å². The van der Waals surface area contributed by atoms with E-state index in [1.807, 2.05) is 40.1 Å². The van der Waals surface area contributed by atoms with E-state index in [4.69, 9.17) is 5.73 Å². The zero-order valence-electron chi connectivity index (χ0n) is 15.9. The third-order valence-corrected chi connectivity index (χ3v) is 6.59. The molecule has 4 rings (SSSR count). The van der Waals surface area contributed by atoms with Crippen molar-refractivity contribution in [3.63, 3.8) is 0 Å². The number of hydrogen-bond donors (Lipinski definition) is 1. The number of carbonyl (C=O) groups excluding carboxylic acids is 2. The van der Waals surface area contributed by atoms with E-state index in [0.29, 0.717) is 12.5 Å². The Morgan fingerprint density at radius 2 is 1.74 bits per heavy atom. The highest BCUT2D eigenvalue weighted by molar-refractivity contribution is 5.99. The fourth-order valence-electron chi connectivity index (χ4n) is 5.00. The summed E-state index contributed by atoms with van der Waals surface area (Å²) in [6, 6.07) is 9.84. The second-order valence-corrected chi connectivity index (χ2v) is 8.02. The van der Waals surface area contributed by atoms with Crippen molar-refractivity contribution in [3.05, 3.63) is 30.3 Å². The molecule has 2 heterocycles. The van der Waals surface area contributed by atoms with Crippen LogP contribution < -0.4 is 10.6 Å². The maximum absolute atomic E-state index is 12.9. The summed E-state index contributed by atoms with van der Waals surface area (Å²) in [5, 5.41) is 0. The zero-order valence-corrected chi connectivity index (χ0v) is 15.9. The molecule has 0 spiro atoms. The van der Waals surface area contributed by atoms with Crippen LogP contribution in [-0.4, -0.2) is 66.9 Å². The molecule has 3 aliphatic rings. The lowest BCUT2D eigenvalue weighted by Crippen LogP contribution is -2.55. The van der Waals surface area contributed by atoms with Crippen LogP contribution >= 0.6 is 0 Å². The molecule has 1 aromatic rings. The molecule has 2 N–H and O–H groups in total. The summed E-state index contributed by atoms with van der Waals surface area (Å²) in [6.07, 6.45) is 4.04. The van der Waals surface area contributed by atoms with Crippen LogP contribution in [0.2, 0.25) is 0 Å². The minimum Gasteiger partial charge on any atom is -0.340 e. The molecule has 1 aliphatic carbocycles. The lowest BCUT2D eigenvalue weighted by molar-refractivity contribution is -0.139. The summed E-state index contributed by atoms with van der Waals surface area (Å²) >= 11 is 0. The van der Waals surface area contributed by atoms with Crippen molar-refractivity contribution in [2.75, 3.05) is 44.2 Å². The van der Waals surface area contributed by atoms with Crippen LogP contribution in [0.1, 0.15) is 25.7 Å². The van der Waals surface area contributed by atoms with E-state index in [1.165, 1.54) is 0 Å². The lowest BCUT2D eigenvalue weighted by Gasteiger charge is -2.38. The lowest BCUT2D eigenvalue weighted by atomic mass is 9.94. The first-order valence-electron chi connectivity index (χ1n) is 10.3. The summed E-state index contributed by atoms with van der Waals surface area (Å²) in [5.74, 6) is 0.945. The van der Waals surface area contributed by atoms with Crippen LogP contribution in [0.15, 0.2) is 30.3 Å². The average molecular weight is 370 g/mol. The van der Waals surface area contributed by atoms with Crippen molar-refractivity contribution < 1.29 is 9.59 Å². The quantitative estimate of drug-likeness (QED) is 0.868. The van der Waals surface area contributed by atoms with Crippen molar-refractivity contribution in [1.82, 2.24) is 9.80 Å². The largest absolute Gasteiger partial charge is 0.340 e. The van der Waals surface area contributed by atoms with Crippen molar-refractivity contribution in [1.29, 1.82) is 0 Å². The van der Waals surface area contributed by atoms with Gasteiger partial charge in [-0.25, -0.2) is 0 Å². The Balaban J connectivity index is 1.33. The number of carbonyl (C=O) groups is 2. The summed E-state index contributed by atoms with van der Waals surface area (Å²) in [5.41, 5.74) is 6.83. The molecule has 1 aromatic carbocycles. The zero-order chi connectivity index (χ0) is 18.8. The molecule has 3 atom stereocenters. The number of anilines is 1. The standard InChI is InChI=1S/C21H30N4O2/c22-15-16-5-4-8-18(16)20(26)24-13-11-23(12-14-24)19-9-10-25(21(19)27)17-6-2-1-3-7-17/h1-3,6-7,16,18-19H,4-5,8-15,22H2/t16-,18-,19?/m1/s1. The molecule has 3 fully saturated rings. The van der Waals surface area contributed by atoms with E-state index < -0.39 is 0 Å². The highest BCUT2D eigenvalue weighted by Crippen LogP contribution is 2.33. The Morgan fingerprint density at radius 1 is 1.00 bits per heavy atom. The highest BCUT2D eigenvalue weighted by atomic mass is 16.2. The first-order chi connectivity index (χ1) is 13.2.